The predicted octanol–water partition coefficient (Wildman–Crippen LogP) is 1.71. The molecule has 0 bridgehead atoms. The number of rotatable bonds is 7. The fourth-order valence-corrected chi connectivity index (χ4v) is 2.32. The summed E-state index contributed by atoms with van der Waals surface area (Å²) in [6.45, 7) is 7.18. The van der Waals surface area contributed by atoms with Crippen LogP contribution in [0.25, 0.3) is 0 Å². The summed E-state index contributed by atoms with van der Waals surface area (Å²) in [5.41, 5.74) is 0. The summed E-state index contributed by atoms with van der Waals surface area (Å²) in [4.78, 5) is 15.4. The van der Waals surface area contributed by atoms with Crippen LogP contribution in [-0.2, 0) is 4.74 Å². The molecule has 0 aromatic carbocycles. The molecule has 7 heteroatoms. The van der Waals surface area contributed by atoms with Gasteiger partial charge in [0.1, 0.15) is 6.10 Å². The molecule has 2 heterocycles. The molecular weight excluding hydrogens is 270 g/mol. The first-order valence-corrected chi connectivity index (χ1v) is 7.63. The minimum absolute atomic E-state index is 0.0962. The lowest BCUT2D eigenvalue weighted by atomic mass is 10.1. The second-order valence-corrected chi connectivity index (χ2v) is 5.20. The van der Waals surface area contributed by atoms with Gasteiger partial charge in [0, 0.05) is 26.7 Å². The van der Waals surface area contributed by atoms with E-state index in [0.29, 0.717) is 24.5 Å². The maximum Gasteiger partial charge on any atom is 0.323 e. The molecule has 1 fully saturated rings. The van der Waals surface area contributed by atoms with Gasteiger partial charge in [-0.1, -0.05) is 0 Å². The van der Waals surface area contributed by atoms with Gasteiger partial charge in [0.25, 0.3) is 0 Å². The summed E-state index contributed by atoms with van der Waals surface area (Å²) in [7, 11) is 1.65. The first kappa shape index (κ1) is 15.8. The number of nitrogens with one attached hydrogen (secondary N) is 1. The van der Waals surface area contributed by atoms with Crippen LogP contribution in [0.2, 0.25) is 0 Å². The lowest BCUT2D eigenvalue weighted by Crippen LogP contribution is -2.31. The van der Waals surface area contributed by atoms with E-state index in [4.69, 9.17) is 9.47 Å². The largest absolute Gasteiger partial charge is 0.458 e. The van der Waals surface area contributed by atoms with Gasteiger partial charge in [-0.25, -0.2) is 0 Å². The van der Waals surface area contributed by atoms with Crippen molar-refractivity contribution in [3.8, 4) is 6.01 Å². The standard InChI is InChI=1S/C14H25N5O2/c1-4-15-12-16-13(19-8-6-5-7-9-19)18-14(17-12)21-11(2)10-20-3/h11H,4-10H2,1-3H3,(H,15,16,17,18). The molecule has 0 aliphatic carbocycles. The van der Waals surface area contributed by atoms with Crippen LogP contribution in [0.5, 0.6) is 6.01 Å². The Balaban J connectivity index is 2.16. The molecule has 1 unspecified atom stereocenters. The molecule has 1 aliphatic heterocycles. The molecule has 1 saturated heterocycles. The molecule has 0 saturated carbocycles. The number of anilines is 2. The quantitative estimate of drug-likeness (QED) is 0.821. The third-order valence-electron chi connectivity index (χ3n) is 3.28. The topological polar surface area (TPSA) is 72.4 Å². The van der Waals surface area contributed by atoms with Crippen LogP contribution in [0.15, 0.2) is 0 Å². The van der Waals surface area contributed by atoms with Crippen molar-refractivity contribution < 1.29 is 9.47 Å². The second kappa shape index (κ2) is 7.97. The van der Waals surface area contributed by atoms with E-state index in [9.17, 15) is 0 Å². The van der Waals surface area contributed by atoms with Crippen LogP contribution in [-0.4, -0.2) is 54.4 Å². The SMILES string of the molecule is CCNc1nc(OC(C)COC)nc(N2CCCCC2)n1. The van der Waals surface area contributed by atoms with Gasteiger partial charge in [-0.05, 0) is 33.1 Å². The van der Waals surface area contributed by atoms with Crippen molar-refractivity contribution in [2.75, 3.05) is 43.6 Å². The average Bonchev–Trinajstić information content (AvgIpc) is 2.48. The molecular formula is C14H25N5O2. The third-order valence-corrected chi connectivity index (χ3v) is 3.28. The van der Waals surface area contributed by atoms with E-state index < -0.39 is 0 Å². The Kier molecular flexibility index (Phi) is 5.98. The van der Waals surface area contributed by atoms with Gasteiger partial charge in [-0.2, -0.15) is 15.0 Å². The molecule has 1 aliphatic rings. The van der Waals surface area contributed by atoms with Gasteiger partial charge in [0.15, 0.2) is 0 Å². The number of ether oxygens (including phenoxy) is 2. The first-order chi connectivity index (χ1) is 10.2. The minimum atomic E-state index is -0.0962. The third kappa shape index (κ3) is 4.70. The van der Waals surface area contributed by atoms with Crippen LogP contribution in [0.4, 0.5) is 11.9 Å². The number of nitrogens with zero attached hydrogens (tertiary/aromatic N) is 4. The monoisotopic (exact) mass is 295 g/mol. The molecule has 2 rings (SSSR count). The predicted molar refractivity (Wildman–Crippen MR) is 82.0 cm³/mol. The first-order valence-electron chi connectivity index (χ1n) is 7.63. The Morgan fingerprint density at radius 2 is 1.95 bits per heavy atom. The molecule has 0 spiro atoms. The molecule has 1 N–H and O–H groups in total. The zero-order valence-corrected chi connectivity index (χ0v) is 13.1. The van der Waals surface area contributed by atoms with Crippen molar-refractivity contribution in [3.05, 3.63) is 0 Å². The smallest absolute Gasteiger partial charge is 0.323 e. The normalized spacial score (nSPS) is 16.6. The fraction of sp³-hybridized carbons (Fsp3) is 0.786. The summed E-state index contributed by atoms with van der Waals surface area (Å²) in [5.74, 6) is 1.26. The van der Waals surface area contributed by atoms with E-state index >= 15 is 0 Å². The van der Waals surface area contributed by atoms with Crippen molar-refractivity contribution in [1.29, 1.82) is 0 Å². The molecule has 1 aromatic rings. The number of hydrogen-bond donors (Lipinski definition) is 1. The van der Waals surface area contributed by atoms with Gasteiger partial charge in [0.05, 0.1) is 6.61 Å². The van der Waals surface area contributed by atoms with E-state index in [1.807, 2.05) is 13.8 Å². The number of aromatic nitrogens is 3. The lowest BCUT2D eigenvalue weighted by Gasteiger charge is -2.27. The van der Waals surface area contributed by atoms with E-state index in [1.165, 1.54) is 19.3 Å². The van der Waals surface area contributed by atoms with Gasteiger partial charge in [-0.3, -0.25) is 0 Å². The van der Waals surface area contributed by atoms with Crippen LogP contribution in [0.1, 0.15) is 33.1 Å². The maximum absolute atomic E-state index is 5.72. The van der Waals surface area contributed by atoms with Gasteiger partial charge < -0.3 is 19.7 Å². The van der Waals surface area contributed by atoms with Crippen LogP contribution in [0, 0.1) is 0 Å². The van der Waals surface area contributed by atoms with Crippen molar-refractivity contribution in [1.82, 2.24) is 15.0 Å². The Labute approximate surface area is 126 Å². The molecule has 21 heavy (non-hydrogen) atoms. The Bertz CT molecular complexity index is 437. The second-order valence-electron chi connectivity index (χ2n) is 5.20. The molecule has 0 radical (unpaired) electrons. The Hall–Kier alpha value is -1.63. The van der Waals surface area contributed by atoms with Crippen LogP contribution >= 0.6 is 0 Å². The molecule has 1 atom stereocenters. The minimum Gasteiger partial charge on any atom is -0.458 e. The van der Waals surface area contributed by atoms with E-state index in [2.05, 4.69) is 25.2 Å². The summed E-state index contributed by atoms with van der Waals surface area (Å²) in [6, 6.07) is 0.353. The van der Waals surface area contributed by atoms with Crippen molar-refractivity contribution in [2.24, 2.45) is 0 Å². The van der Waals surface area contributed by atoms with Crippen molar-refractivity contribution in [3.63, 3.8) is 0 Å². The highest BCUT2D eigenvalue weighted by Gasteiger charge is 2.17. The highest BCUT2D eigenvalue weighted by molar-refractivity contribution is 5.38. The number of piperidine rings is 1. The van der Waals surface area contributed by atoms with E-state index in [1.54, 1.807) is 7.11 Å². The van der Waals surface area contributed by atoms with Crippen molar-refractivity contribution >= 4 is 11.9 Å². The maximum atomic E-state index is 5.72. The van der Waals surface area contributed by atoms with E-state index in [0.717, 1.165) is 19.6 Å². The Morgan fingerprint density at radius 3 is 2.62 bits per heavy atom. The molecule has 1 aromatic heterocycles. The van der Waals surface area contributed by atoms with Gasteiger partial charge in [-0.15, -0.1) is 0 Å². The van der Waals surface area contributed by atoms with Crippen LogP contribution < -0.4 is 15.0 Å². The van der Waals surface area contributed by atoms with Crippen LogP contribution in [0.3, 0.4) is 0 Å². The number of hydrogen-bond acceptors (Lipinski definition) is 7. The average molecular weight is 295 g/mol. The summed E-state index contributed by atoms with van der Waals surface area (Å²) in [6.07, 6.45) is 3.54. The zero-order chi connectivity index (χ0) is 15.1. The number of methoxy groups -OCH3 is 1. The lowest BCUT2D eigenvalue weighted by molar-refractivity contribution is 0.0855. The fourth-order valence-electron chi connectivity index (χ4n) is 2.32. The molecule has 118 valence electrons. The molecule has 7 nitrogen and oxygen atoms in total. The Morgan fingerprint density at radius 1 is 1.19 bits per heavy atom. The van der Waals surface area contributed by atoms with Gasteiger partial charge >= 0.3 is 6.01 Å². The highest BCUT2D eigenvalue weighted by Crippen LogP contribution is 2.19. The van der Waals surface area contributed by atoms with Crippen molar-refractivity contribution in [2.45, 2.75) is 39.2 Å². The highest BCUT2D eigenvalue weighted by atomic mass is 16.5. The summed E-state index contributed by atoms with van der Waals surface area (Å²) >= 11 is 0. The summed E-state index contributed by atoms with van der Waals surface area (Å²) < 4.78 is 10.8. The van der Waals surface area contributed by atoms with Gasteiger partial charge in [0.2, 0.25) is 11.9 Å². The summed E-state index contributed by atoms with van der Waals surface area (Å²) in [5, 5.41) is 3.13. The van der Waals surface area contributed by atoms with E-state index in [-0.39, 0.29) is 6.10 Å². The molecule has 0 amide bonds. The zero-order valence-electron chi connectivity index (χ0n) is 13.1.